The molecule has 1 aliphatic rings. The molecule has 148 valence electrons. The normalized spacial score (nSPS) is 18.5. The molecule has 2 heterocycles. The molecule has 0 saturated carbocycles. The Kier molecular flexibility index (Phi) is 6.42. The SMILES string of the molecule is COCc1nc(COC2CCCN(S(=O)(=O)c3ccc(OC)cc3)C2)no1. The van der Waals surface area contributed by atoms with Crippen molar-refractivity contribution in [3.8, 4) is 5.75 Å². The lowest BCUT2D eigenvalue weighted by molar-refractivity contribution is 0.00438. The summed E-state index contributed by atoms with van der Waals surface area (Å²) >= 11 is 0. The van der Waals surface area contributed by atoms with Gasteiger partial charge in [-0.2, -0.15) is 9.29 Å². The molecule has 2 aromatic rings. The van der Waals surface area contributed by atoms with E-state index in [0.717, 1.165) is 12.8 Å². The van der Waals surface area contributed by atoms with Crippen molar-refractivity contribution < 1.29 is 27.2 Å². The van der Waals surface area contributed by atoms with Crippen LogP contribution in [0.2, 0.25) is 0 Å². The lowest BCUT2D eigenvalue weighted by Crippen LogP contribution is -2.43. The Labute approximate surface area is 158 Å². The number of ether oxygens (including phenoxy) is 3. The van der Waals surface area contributed by atoms with Crippen molar-refractivity contribution in [3.63, 3.8) is 0 Å². The van der Waals surface area contributed by atoms with Crippen LogP contribution in [0.25, 0.3) is 0 Å². The van der Waals surface area contributed by atoms with Crippen LogP contribution in [0.15, 0.2) is 33.7 Å². The molecule has 1 aromatic carbocycles. The highest BCUT2D eigenvalue weighted by molar-refractivity contribution is 7.89. The average molecular weight is 397 g/mol. The van der Waals surface area contributed by atoms with E-state index in [1.165, 1.54) is 11.4 Å². The van der Waals surface area contributed by atoms with Crippen molar-refractivity contribution >= 4 is 10.0 Å². The zero-order chi connectivity index (χ0) is 19.3. The number of piperidine rings is 1. The van der Waals surface area contributed by atoms with E-state index in [4.69, 9.17) is 18.7 Å². The fourth-order valence-corrected chi connectivity index (χ4v) is 4.39. The molecule has 1 unspecified atom stereocenters. The molecule has 1 aromatic heterocycles. The first-order chi connectivity index (χ1) is 13.0. The molecule has 9 nitrogen and oxygen atoms in total. The van der Waals surface area contributed by atoms with Crippen molar-refractivity contribution in [2.24, 2.45) is 0 Å². The van der Waals surface area contributed by atoms with Crippen molar-refractivity contribution in [3.05, 3.63) is 36.0 Å². The quantitative estimate of drug-likeness (QED) is 0.661. The minimum atomic E-state index is -3.57. The van der Waals surface area contributed by atoms with E-state index < -0.39 is 10.0 Å². The number of hydrogen-bond donors (Lipinski definition) is 0. The van der Waals surface area contributed by atoms with E-state index in [1.807, 2.05) is 0 Å². The van der Waals surface area contributed by atoms with Gasteiger partial charge in [0.15, 0.2) is 5.82 Å². The number of rotatable bonds is 8. The molecule has 0 radical (unpaired) electrons. The summed E-state index contributed by atoms with van der Waals surface area (Å²) in [5.41, 5.74) is 0. The van der Waals surface area contributed by atoms with Crippen LogP contribution >= 0.6 is 0 Å². The number of nitrogens with zero attached hydrogens (tertiary/aromatic N) is 3. The first-order valence-electron chi connectivity index (χ1n) is 8.59. The fourth-order valence-electron chi connectivity index (χ4n) is 2.88. The topological polar surface area (TPSA) is 104 Å². The van der Waals surface area contributed by atoms with Gasteiger partial charge in [-0.15, -0.1) is 0 Å². The van der Waals surface area contributed by atoms with Gasteiger partial charge in [0.1, 0.15) is 19.0 Å². The van der Waals surface area contributed by atoms with Crippen molar-refractivity contribution in [2.75, 3.05) is 27.3 Å². The van der Waals surface area contributed by atoms with E-state index in [-0.39, 0.29) is 30.8 Å². The number of hydrogen-bond acceptors (Lipinski definition) is 8. The van der Waals surface area contributed by atoms with Gasteiger partial charge in [0.05, 0.1) is 18.1 Å². The summed E-state index contributed by atoms with van der Waals surface area (Å²) in [4.78, 5) is 4.39. The second-order valence-electron chi connectivity index (χ2n) is 6.15. The van der Waals surface area contributed by atoms with Gasteiger partial charge in [-0.25, -0.2) is 8.42 Å². The smallest absolute Gasteiger partial charge is 0.252 e. The van der Waals surface area contributed by atoms with Gasteiger partial charge in [0.25, 0.3) is 5.89 Å². The highest BCUT2D eigenvalue weighted by Crippen LogP contribution is 2.24. The van der Waals surface area contributed by atoms with Crippen LogP contribution in [0.4, 0.5) is 0 Å². The number of aromatic nitrogens is 2. The maximum atomic E-state index is 12.9. The summed E-state index contributed by atoms with van der Waals surface area (Å²) < 4.78 is 48.0. The summed E-state index contributed by atoms with van der Waals surface area (Å²) in [6, 6.07) is 6.38. The molecular formula is C17H23N3O6S. The van der Waals surface area contributed by atoms with Crippen LogP contribution in [0, 0.1) is 0 Å². The van der Waals surface area contributed by atoms with E-state index >= 15 is 0 Å². The Morgan fingerprint density at radius 3 is 2.70 bits per heavy atom. The second-order valence-corrected chi connectivity index (χ2v) is 8.09. The summed E-state index contributed by atoms with van der Waals surface area (Å²) in [6.07, 6.45) is 1.27. The lowest BCUT2D eigenvalue weighted by atomic mass is 10.1. The largest absolute Gasteiger partial charge is 0.497 e. The monoisotopic (exact) mass is 397 g/mol. The molecule has 10 heteroatoms. The molecule has 1 saturated heterocycles. The molecule has 0 aliphatic carbocycles. The zero-order valence-electron chi connectivity index (χ0n) is 15.3. The van der Waals surface area contributed by atoms with E-state index in [0.29, 0.717) is 24.0 Å². The maximum absolute atomic E-state index is 12.9. The van der Waals surface area contributed by atoms with E-state index in [2.05, 4.69) is 10.1 Å². The molecule has 0 spiro atoms. The minimum Gasteiger partial charge on any atom is -0.497 e. The van der Waals surface area contributed by atoms with Gasteiger partial charge >= 0.3 is 0 Å². The number of benzene rings is 1. The molecular weight excluding hydrogens is 374 g/mol. The van der Waals surface area contributed by atoms with Crippen molar-refractivity contribution in [1.82, 2.24) is 14.4 Å². The molecule has 27 heavy (non-hydrogen) atoms. The Bertz CT molecular complexity index is 837. The first kappa shape index (κ1) is 19.7. The van der Waals surface area contributed by atoms with Gasteiger partial charge in [0, 0.05) is 20.2 Å². The van der Waals surface area contributed by atoms with Gasteiger partial charge in [-0.3, -0.25) is 0 Å². The minimum absolute atomic E-state index is 0.161. The first-order valence-corrected chi connectivity index (χ1v) is 10.0. The Morgan fingerprint density at radius 1 is 1.22 bits per heavy atom. The molecule has 1 atom stereocenters. The van der Waals surface area contributed by atoms with Crippen molar-refractivity contribution in [2.45, 2.75) is 37.1 Å². The average Bonchev–Trinajstić information content (AvgIpc) is 3.14. The Morgan fingerprint density at radius 2 is 2.00 bits per heavy atom. The third-order valence-electron chi connectivity index (χ3n) is 4.26. The van der Waals surface area contributed by atoms with E-state index in [1.54, 1.807) is 31.4 Å². The summed E-state index contributed by atoms with van der Waals surface area (Å²) in [5.74, 6) is 1.40. The Balaban J connectivity index is 1.60. The maximum Gasteiger partial charge on any atom is 0.252 e. The molecule has 0 bridgehead atoms. The number of methoxy groups -OCH3 is 2. The summed E-state index contributed by atoms with van der Waals surface area (Å²) in [7, 11) is -0.493. The van der Waals surface area contributed by atoms with Crippen LogP contribution < -0.4 is 4.74 Å². The van der Waals surface area contributed by atoms with Gasteiger partial charge in [0.2, 0.25) is 10.0 Å². The van der Waals surface area contributed by atoms with Crippen LogP contribution in [0.5, 0.6) is 5.75 Å². The summed E-state index contributed by atoms with van der Waals surface area (Å²) in [5, 5.41) is 3.82. The standard InChI is InChI=1S/C17H23N3O6S/c1-23-12-17-18-16(19-26-17)11-25-14-4-3-9-20(10-14)27(21,22)15-7-5-13(24-2)6-8-15/h5-8,14H,3-4,9-12H2,1-2H3. The van der Waals surface area contributed by atoms with Crippen LogP contribution in [0.1, 0.15) is 24.6 Å². The van der Waals surface area contributed by atoms with Crippen LogP contribution in [0.3, 0.4) is 0 Å². The fraction of sp³-hybridized carbons (Fsp3) is 0.529. The molecule has 3 rings (SSSR count). The zero-order valence-corrected chi connectivity index (χ0v) is 16.1. The predicted molar refractivity (Wildman–Crippen MR) is 94.6 cm³/mol. The third-order valence-corrected chi connectivity index (χ3v) is 6.14. The Hall–Kier alpha value is -2.01. The van der Waals surface area contributed by atoms with Crippen molar-refractivity contribution in [1.29, 1.82) is 0 Å². The van der Waals surface area contributed by atoms with Crippen LogP contribution in [-0.4, -0.2) is 56.3 Å². The van der Waals surface area contributed by atoms with Gasteiger partial charge in [-0.05, 0) is 37.1 Å². The highest BCUT2D eigenvalue weighted by atomic mass is 32.2. The molecule has 1 fully saturated rings. The predicted octanol–water partition coefficient (Wildman–Crippen LogP) is 1.59. The van der Waals surface area contributed by atoms with Gasteiger partial charge in [-0.1, -0.05) is 5.16 Å². The van der Waals surface area contributed by atoms with Crippen LogP contribution in [-0.2, 0) is 32.7 Å². The molecule has 0 amide bonds. The lowest BCUT2D eigenvalue weighted by Gasteiger charge is -2.31. The molecule has 0 N–H and O–H groups in total. The highest BCUT2D eigenvalue weighted by Gasteiger charge is 2.31. The van der Waals surface area contributed by atoms with Gasteiger partial charge < -0.3 is 18.7 Å². The summed E-state index contributed by atoms with van der Waals surface area (Å²) in [6.45, 7) is 1.16. The number of sulfonamides is 1. The molecule has 1 aliphatic heterocycles. The second kappa shape index (κ2) is 8.79. The third kappa shape index (κ3) is 4.83. The van der Waals surface area contributed by atoms with E-state index in [9.17, 15) is 8.42 Å².